The predicted molar refractivity (Wildman–Crippen MR) is 74.8 cm³/mol. The molecule has 0 aromatic carbocycles. The van der Waals surface area contributed by atoms with Gasteiger partial charge in [0.1, 0.15) is 0 Å². The minimum Gasteiger partial charge on any atom is -0.481 e. The summed E-state index contributed by atoms with van der Waals surface area (Å²) in [5.74, 6) is 2.47. The topological polar surface area (TPSA) is 56.3 Å². The van der Waals surface area contributed by atoms with Gasteiger partial charge in [-0.1, -0.05) is 32.1 Å². The number of anilines is 1. The molecule has 0 saturated heterocycles. The standard InChI is InChI=1S/C14H23N3O2/c1-18-12-10-13(19-2)17-14(16-12)15-9-8-11-6-4-3-5-7-11/h10-11H,3-9H2,1-2H3,(H,15,16,17). The first-order chi connectivity index (χ1) is 9.31. The van der Waals surface area contributed by atoms with Crippen molar-refractivity contribution in [2.24, 2.45) is 5.92 Å². The van der Waals surface area contributed by atoms with Crippen molar-refractivity contribution >= 4 is 5.95 Å². The molecule has 1 aromatic rings. The molecule has 0 spiro atoms. The molecule has 2 rings (SSSR count). The van der Waals surface area contributed by atoms with Gasteiger partial charge in [0, 0.05) is 6.54 Å². The Morgan fingerprint density at radius 1 is 1.11 bits per heavy atom. The zero-order valence-corrected chi connectivity index (χ0v) is 11.8. The second-order valence-electron chi connectivity index (χ2n) is 5.00. The minimum absolute atomic E-state index is 0.520. The molecule has 1 heterocycles. The maximum absolute atomic E-state index is 5.12. The highest BCUT2D eigenvalue weighted by Crippen LogP contribution is 2.26. The number of rotatable bonds is 6. The van der Waals surface area contributed by atoms with Crippen molar-refractivity contribution in [3.63, 3.8) is 0 Å². The van der Waals surface area contributed by atoms with Crippen molar-refractivity contribution in [2.75, 3.05) is 26.1 Å². The first-order valence-electron chi connectivity index (χ1n) is 7.02. The van der Waals surface area contributed by atoms with Gasteiger partial charge in [-0.15, -0.1) is 0 Å². The number of nitrogens with zero attached hydrogens (tertiary/aromatic N) is 2. The zero-order chi connectivity index (χ0) is 13.5. The van der Waals surface area contributed by atoms with Crippen LogP contribution in [0.3, 0.4) is 0 Å². The molecular formula is C14H23N3O2. The lowest BCUT2D eigenvalue weighted by Gasteiger charge is -2.21. The Labute approximate surface area is 114 Å². The quantitative estimate of drug-likeness (QED) is 0.857. The van der Waals surface area contributed by atoms with Crippen LogP contribution in [0.5, 0.6) is 11.8 Å². The number of methoxy groups -OCH3 is 2. The summed E-state index contributed by atoms with van der Waals surface area (Å²) < 4.78 is 10.2. The number of ether oxygens (including phenoxy) is 2. The van der Waals surface area contributed by atoms with Gasteiger partial charge in [0.05, 0.1) is 20.3 Å². The minimum atomic E-state index is 0.520. The van der Waals surface area contributed by atoms with Gasteiger partial charge in [0.2, 0.25) is 17.7 Å². The fourth-order valence-corrected chi connectivity index (χ4v) is 2.56. The molecule has 1 fully saturated rings. The van der Waals surface area contributed by atoms with E-state index in [1.807, 2.05) is 0 Å². The van der Waals surface area contributed by atoms with Crippen molar-refractivity contribution < 1.29 is 9.47 Å². The van der Waals surface area contributed by atoms with Gasteiger partial charge >= 0.3 is 0 Å². The van der Waals surface area contributed by atoms with Crippen LogP contribution in [0, 0.1) is 5.92 Å². The average molecular weight is 265 g/mol. The van der Waals surface area contributed by atoms with Crippen LogP contribution in [0.1, 0.15) is 38.5 Å². The van der Waals surface area contributed by atoms with E-state index in [0.717, 1.165) is 12.5 Å². The van der Waals surface area contributed by atoms with Crippen molar-refractivity contribution in [3.8, 4) is 11.8 Å². The lowest BCUT2D eigenvalue weighted by Crippen LogP contribution is -2.13. The summed E-state index contributed by atoms with van der Waals surface area (Å²) in [6, 6.07) is 1.67. The third-order valence-electron chi connectivity index (χ3n) is 3.66. The first-order valence-corrected chi connectivity index (χ1v) is 7.02. The number of nitrogens with one attached hydrogen (secondary N) is 1. The smallest absolute Gasteiger partial charge is 0.229 e. The molecular weight excluding hydrogens is 242 g/mol. The van der Waals surface area contributed by atoms with Crippen LogP contribution in [0.2, 0.25) is 0 Å². The number of aromatic nitrogens is 2. The van der Waals surface area contributed by atoms with Crippen LogP contribution in [-0.2, 0) is 0 Å². The largest absolute Gasteiger partial charge is 0.481 e. The molecule has 0 unspecified atom stereocenters. The third-order valence-corrected chi connectivity index (χ3v) is 3.66. The normalized spacial score (nSPS) is 16.1. The Hall–Kier alpha value is -1.52. The fourth-order valence-electron chi connectivity index (χ4n) is 2.56. The SMILES string of the molecule is COc1cc(OC)nc(NCCC2CCCCC2)n1. The van der Waals surface area contributed by atoms with E-state index in [4.69, 9.17) is 9.47 Å². The van der Waals surface area contributed by atoms with E-state index >= 15 is 0 Å². The highest BCUT2D eigenvalue weighted by atomic mass is 16.5. The first kappa shape index (κ1) is 13.9. The molecule has 0 bridgehead atoms. The molecule has 0 aliphatic heterocycles. The Kier molecular flexibility index (Phi) is 5.24. The third kappa shape index (κ3) is 4.26. The maximum Gasteiger partial charge on any atom is 0.229 e. The molecule has 106 valence electrons. The lowest BCUT2D eigenvalue weighted by atomic mass is 9.87. The Morgan fingerprint density at radius 2 is 1.74 bits per heavy atom. The van der Waals surface area contributed by atoms with Crippen LogP contribution in [0.25, 0.3) is 0 Å². The Bertz CT molecular complexity index is 370. The van der Waals surface area contributed by atoms with Gasteiger partial charge in [0.15, 0.2) is 0 Å². The molecule has 1 aliphatic carbocycles. The van der Waals surface area contributed by atoms with Crippen molar-refractivity contribution in [1.82, 2.24) is 9.97 Å². The zero-order valence-electron chi connectivity index (χ0n) is 11.8. The van der Waals surface area contributed by atoms with E-state index in [1.54, 1.807) is 20.3 Å². The van der Waals surface area contributed by atoms with Gasteiger partial charge < -0.3 is 14.8 Å². The van der Waals surface area contributed by atoms with Crippen LogP contribution in [0.15, 0.2) is 6.07 Å². The highest BCUT2D eigenvalue weighted by molar-refractivity contribution is 5.33. The molecule has 5 nitrogen and oxygen atoms in total. The number of hydrogen-bond donors (Lipinski definition) is 1. The Balaban J connectivity index is 1.84. The van der Waals surface area contributed by atoms with Crippen LogP contribution >= 0.6 is 0 Å². The van der Waals surface area contributed by atoms with Gasteiger partial charge in [-0.3, -0.25) is 0 Å². The Morgan fingerprint density at radius 3 is 2.32 bits per heavy atom. The summed E-state index contributed by atoms with van der Waals surface area (Å²) in [7, 11) is 3.18. The van der Waals surface area contributed by atoms with Crippen molar-refractivity contribution in [1.29, 1.82) is 0 Å². The van der Waals surface area contributed by atoms with Crippen molar-refractivity contribution in [3.05, 3.63) is 6.07 Å². The summed E-state index contributed by atoms with van der Waals surface area (Å²) in [5.41, 5.74) is 0. The molecule has 1 N–H and O–H groups in total. The predicted octanol–water partition coefficient (Wildman–Crippen LogP) is 2.88. The van der Waals surface area contributed by atoms with E-state index in [9.17, 15) is 0 Å². The molecule has 19 heavy (non-hydrogen) atoms. The molecule has 5 heteroatoms. The fraction of sp³-hybridized carbons (Fsp3) is 0.714. The molecule has 1 aromatic heterocycles. The monoisotopic (exact) mass is 265 g/mol. The van der Waals surface area contributed by atoms with Gasteiger partial charge in [-0.25, -0.2) is 0 Å². The number of hydrogen-bond acceptors (Lipinski definition) is 5. The summed E-state index contributed by atoms with van der Waals surface area (Å²) in [6.45, 7) is 0.904. The maximum atomic E-state index is 5.12. The van der Waals surface area contributed by atoms with E-state index in [0.29, 0.717) is 17.7 Å². The van der Waals surface area contributed by atoms with Gasteiger partial charge in [-0.05, 0) is 12.3 Å². The van der Waals surface area contributed by atoms with Gasteiger partial charge in [0.25, 0.3) is 0 Å². The summed E-state index contributed by atoms with van der Waals surface area (Å²) >= 11 is 0. The van der Waals surface area contributed by atoms with E-state index in [-0.39, 0.29) is 0 Å². The van der Waals surface area contributed by atoms with E-state index in [1.165, 1.54) is 38.5 Å². The second kappa shape index (κ2) is 7.16. The summed E-state index contributed by atoms with van der Waals surface area (Å²) in [4.78, 5) is 8.52. The van der Waals surface area contributed by atoms with Crippen LogP contribution < -0.4 is 14.8 Å². The van der Waals surface area contributed by atoms with E-state index < -0.39 is 0 Å². The molecule has 0 radical (unpaired) electrons. The van der Waals surface area contributed by atoms with E-state index in [2.05, 4.69) is 15.3 Å². The molecule has 1 saturated carbocycles. The highest BCUT2D eigenvalue weighted by Gasteiger charge is 2.13. The average Bonchev–Trinajstić information content (AvgIpc) is 2.48. The lowest BCUT2D eigenvalue weighted by molar-refractivity contribution is 0.345. The van der Waals surface area contributed by atoms with Crippen LogP contribution in [0.4, 0.5) is 5.95 Å². The van der Waals surface area contributed by atoms with Gasteiger partial charge in [-0.2, -0.15) is 9.97 Å². The summed E-state index contributed by atoms with van der Waals surface area (Å²) in [6.07, 6.45) is 8.08. The molecule has 0 atom stereocenters. The summed E-state index contributed by atoms with van der Waals surface area (Å²) in [5, 5.41) is 3.26. The van der Waals surface area contributed by atoms with Crippen molar-refractivity contribution in [2.45, 2.75) is 38.5 Å². The van der Waals surface area contributed by atoms with Crippen LogP contribution in [-0.4, -0.2) is 30.7 Å². The molecule has 0 amide bonds. The second-order valence-corrected chi connectivity index (χ2v) is 5.00. The molecule has 1 aliphatic rings.